The lowest BCUT2D eigenvalue weighted by molar-refractivity contribution is 0.0601. The van der Waals surface area contributed by atoms with Crippen LogP contribution in [-0.2, 0) is 4.74 Å². The molecule has 2 aromatic heterocycles. The minimum Gasteiger partial charge on any atom is -0.472 e. The summed E-state index contributed by atoms with van der Waals surface area (Å²) >= 11 is 0. The van der Waals surface area contributed by atoms with Crippen molar-refractivity contribution in [3.8, 4) is 11.1 Å². The molecule has 0 fully saturated rings. The molecule has 22 heavy (non-hydrogen) atoms. The van der Waals surface area contributed by atoms with Gasteiger partial charge < -0.3 is 14.5 Å². The molecular formula is C16H13N3O3. The SMILES string of the molecule is COC(=O)c1cccc(Nc2ncc(-c3ccoc3)cn2)c1. The highest BCUT2D eigenvalue weighted by molar-refractivity contribution is 5.90. The van der Waals surface area contributed by atoms with Crippen LogP contribution in [0.3, 0.4) is 0 Å². The van der Waals surface area contributed by atoms with Crippen LogP contribution in [0.1, 0.15) is 10.4 Å². The summed E-state index contributed by atoms with van der Waals surface area (Å²) in [5.74, 6) is 0.0501. The van der Waals surface area contributed by atoms with Gasteiger partial charge in [-0.25, -0.2) is 14.8 Å². The fraction of sp³-hybridized carbons (Fsp3) is 0.0625. The van der Waals surface area contributed by atoms with Gasteiger partial charge in [-0.1, -0.05) is 6.07 Å². The van der Waals surface area contributed by atoms with Crippen LogP contribution in [0, 0.1) is 0 Å². The summed E-state index contributed by atoms with van der Waals surface area (Å²) < 4.78 is 9.72. The van der Waals surface area contributed by atoms with Gasteiger partial charge in [-0.3, -0.25) is 0 Å². The highest BCUT2D eigenvalue weighted by atomic mass is 16.5. The molecule has 0 amide bonds. The van der Waals surface area contributed by atoms with Crippen molar-refractivity contribution in [2.45, 2.75) is 0 Å². The first-order chi connectivity index (χ1) is 10.8. The first-order valence-corrected chi connectivity index (χ1v) is 6.56. The van der Waals surface area contributed by atoms with E-state index in [9.17, 15) is 4.79 Å². The molecular weight excluding hydrogens is 282 g/mol. The van der Waals surface area contributed by atoms with Crippen molar-refractivity contribution in [3.63, 3.8) is 0 Å². The van der Waals surface area contributed by atoms with Gasteiger partial charge in [0.25, 0.3) is 0 Å². The number of benzene rings is 1. The quantitative estimate of drug-likeness (QED) is 0.744. The number of ether oxygens (including phenoxy) is 1. The molecule has 1 N–H and O–H groups in total. The van der Waals surface area contributed by atoms with Gasteiger partial charge in [-0.05, 0) is 24.3 Å². The molecule has 6 heteroatoms. The zero-order valence-electron chi connectivity index (χ0n) is 11.8. The summed E-state index contributed by atoms with van der Waals surface area (Å²) in [5, 5.41) is 3.04. The minimum atomic E-state index is -0.389. The van der Waals surface area contributed by atoms with Crippen molar-refractivity contribution in [1.29, 1.82) is 0 Å². The number of nitrogens with one attached hydrogen (secondary N) is 1. The molecule has 0 spiro atoms. The number of aromatic nitrogens is 2. The predicted molar refractivity (Wildman–Crippen MR) is 80.8 cm³/mol. The maximum Gasteiger partial charge on any atom is 0.337 e. The van der Waals surface area contributed by atoms with E-state index >= 15 is 0 Å². The number of rotatable bonds is 4. The lowest BCUT2D eigenvalue weighted by atomic mass is 10.2. The van der Waals surface area contributed by atoms with Crippen LogP contribution < -0.4 is 5.32 Å². The van der Waals surface area contributed by atoms with E-state index in [4.69, 9.17) is 9.15 Å². The molecule has 2 heterocycles. The summed E-state index contributed by atoms with van der Waals surface area (Å²) in [4.78, 5) is 20.0. The number of anilines is 2. The number of carbonyl (C=O) groups is 1. The summed E-state index contributed by atoms with van der Waals surface area (Å²) in [7, 11) is 1.35. The van der Waals surface area contributed by atoms with Crippen molar-refractivity contribution < 1.29 is 13.9 Å². The van der Waals surface area contributed by atoms with Gasteiger partial charge in [0.15, 0.2) is 0 Å². The number of hydrogen-bond donors (Lipinski definition) is 1. The fourth-order valence-corrected chi connectivity index (χ4v) is 1.94. The lowest BCUT2D eigenvalue weighted by Crippen LogP contribution is -2.02. The molecule has 0 aliphatic heterocycles. The van der Waals surface area contributed by atoms with E-state index < -0.39 is 0 Å². The van der Waals surface area contributed by atoms with E-state index in [1.165, 1.54) is 7.11 Å². The minimum absolute atomic E-state index is 0.389. The smallest absolute Gasteiger partial charge is 0.337 e. The normalized spacial score (nSPS) is 10.2. The van der Waals surface area contributed by atoms with E-state index in [1.54, 1.807) is 43.1 Å². The highest BCUT2D eigenvalue weighted by Crippen LogP contribution is 2.20. The number of hydrogen-bond acceptors (Lipinski definition) is 6. The molecule has 6 nitrogen and oxygen atoms in total. The number of nitrogens with zero attached hydrogens (tertiary/aromatic N) is 2. The first-order valence-electron chi connectivity index (χ1n) is 6.56. The van der Waals surface area contributed by atoms with Crippen molar-refractivity contribution in [3.05, 3.63) is 60.8 Å². The van der Waals surface area contributed by atoms with E-state index in [2.05, 4.69) is 15.3 Å². The van der Waals surface area contributed by atoms with Gasteiger partial charge in [0.1, 0.15) is 0 Å². The first kappa shape index (κ1) is 13.8. The molecule has 1 aromatic carbocycles. The Kier molecular flexibility index (Phi) is 3.82. The third kappa shape index (κ3) is 2.95. The average Bonchev–Trinajstić information content (AvgIpc) is 3.09. The van der Waals surface area contributed by atoms with Crippen molar-refractivity contribution in [2.75, 3.05) is 12.4 Å². The van der Waals surface area contributed by atoms with Crippen LogP contribution in [-0.4, -0.2) is 23.0 Å². The number of esters is 1. The Morgan fingerprint density at radius 2 is 2.00 bits per heavy atom. The molecule has 0 aliphatic rings. The molecule has 3 aromatic rings. The van der Waals surface area contributed by atoms with Gasteiger partial charge in [0.05, 0.1) is 25.2 Å². The molecule has 3 rings (SSSR count). The van der Waals surface area contributed by atoms with Gasteiger partial charge in [-0.2, -0.15) is 0 Å². The van der Waals surface area contributed by atoms with E-state index in [1.807, 2.05) is 12.1 Å². The van der Waals surface area contributed by atoms with Crippen molar-refractivity contribution in [2.24, 2.45) is 0 Å². The third-order valence-electron chi connectivity index (χ3n) is 3.05. The fourth-order valence-electron chi connectivity index (χ4n) is 1.94. The summed E-state index contributed by atoms with van der Waals surface area (Å²) in [6.45, 7) is 0. The van der Waals surface area contributed by atoms with Crippen LogP contribution in [0.2, 0.25) is 0 Å². The van der Waals surface area contributed by atoms with Gasteiger partial charge in [0, 0.05) is 29.2 Å². The predicted octanol–water partition coefficient (Wildman–Crippen LogP) is 3.27. The van der Waals surface area contributed by atoms with Crippen LogP contribution in [0.25, 0.3) is 11.1 Å². The number of carbonyl (C=O) groups excluding carboxylic acids is 1. The lowest BCUT2D eigenvalue weighted by Gasteiger charge is -2.06. The standard InChI is InChI=1S/C16H13N3O3/c1-21-15(20)11-3-2-4-14(7-11)19-16-17-8-13(9-18-16)12-5-6-22-10-12/h2-10H,1H3,(H,17,18,19). The molecule has 0 unspecified atom stereocenters. The van der Waals surface area contributed by atoms with E-state index in [0.717, 1.165) is 11.1 Å². The second kappa shape index (κ2) is 6.09. The van der Waals surface area contributed by atoms with Gasteiger partial charge >= 0.3 is 5.97 Å². The largest absolute Gasteiger partial charge is 0.472 e. The highest BCUT2D eigenvalue weighted by Gasteiger charge is 2.07. The Morgan fingerprint density at radius 3 is 2.68 bits per heavy atom. The third-order valence-corrected chi connectivity index (χ3v) is 3.05. The second-order valence-corrected chi connectivity index (χ2v) is 4.50. The van der Waals surface area contributed by atoms with Crippen molar-refractivity contribution >= 4 is 17.6 Å². The molecule has 0 bridgehead atoms. The average molecular weight is 295 g/mol. The van der Waals surface area contributed by atoms with Crippen LogP contribution >= 0.6 is 0 Å². The molecule has 0 saturated heterocycles. The summed E-state index contributed by atoms with van der Waals surface area (Å²) in [6, 6.07) is 8.78. The number of methoxy groups -OCH3 is 1. The Labute approximate surface area is 126 Å². The topological polar surface area (TPSA) is 77.2 Å². The zero-order valence-corrected chi connectivity index (χ0v) is 11.8. The Bertz CT molecular complexity index is 768. The zero-order chi connectivity index (χ0) is 15.4. The monoisotopic (exact) mass is 295 g/mol. The van der Waals surface area contributed by atoms with Gasteiger partial charge in [0.2, 0.25) is 5.95 Å². The second-order valence-electron chi connectivity index (χ2n) is 4.50. The Morgan fingerprint density at radius 1 is 1.18 bits per heavy atom. The molecule has 110 valence electrons. The molecule has 0 atom stereocenters. The Balaban J connectivity index is 1.77. The maximum absolute atomic E-state index is 11.5. The van der Waals surface area contributed by atoms with Crippen LogP contribution in [0.4, 0.5) is 11.6 Å². The van der Waals surface area contributed by atoms with Gasteiger partial charge in [-0.15, -0.1) is 0 Å². The summed E-state index contributed by atoms with van der Waals surface area (Å²) in [5.41, 5.74) is 2.95. The van der Waals surface area contributed by atoms with Crippen LogP contribution in [0.5, 0.6) is 0 Å². The number of furan rings is 1. The van der Waals surface area contributed by atoms with Crippen molar-refractivity contribution in [1.82, 2.24) is 9.97 Å². The summed E-state index contributed by atoms with van der Waals surface area (Å²) in [6.07, 6.45) is 6.63. The maximum atomic E-state index is 11.5. The molecule has 0 radical (unpaired) electrons. The van der Waals surface area contributed by atoms with E-state index in [0.29, 0.717) is 17.2 Å². The molecule has 0 aliphatic carbocycles. The van der Waals surface area contributed by atoms with E-state index in [-0.39, 0.29) is 5.97 Å². The Hall–Kier alpha value is -3.15. The molecule has 0 saturated carbocycles. The van der Waals surface area contributed by atoms with Crippen LogP contribution in [0.15, 0.2) is 59.7 Å².